The zero-order chi connectivity index (χ0) is 23.1. The summed E-state index contributed by atoms with van der Waals surface area (Å²) >= 11 is 2.40. The summed E-state index contributed by atoms with van der Waals surface area (Å²) in [6.45, 7) is 2.17. The van der Waals surface area contributed by atoms with Gasteiger partial charge in [0.1, 0.15) is 0 Å². The van der Waals surface area contributed by atoms with Crippen molar-refractivity contribution in [2.75, 3.05) is 47.8 Å². The number of amides is 3. The second kappa shape index (κ2) is 9.12. The molecule has 6 nitrogen and oxygen atoms in total. The lowest BCUT2D eigenvalue weighted by atomic mass is 9.68. The van der Waals surface area contributed by atoms with Crippen LogP contribution in [0.2, 0.25) is 0 Å². The molecule has 176 valence electrons. The third-order valence-electron chi connectivity index (χ3n) is 8.02. The highest BCUT2D eigenvalue weighted by molar-refractivity contribution is 14.1. The van der Waals surface area contributed by atoms with Crippen LogP contribution in [0.15, 0.2) is 24.3 Å². The molecular weight excluding hydrogens is 515 g/mol. The summed E-state index contributed by atoms with van der Waals surface area (Å²) in [6.07, 6.45) is 6.97. The Morgan fingerprint density at radius 3 is 2.38 bits per heavy atom. The van der Waals surface area contributed by atoms with Crippen molar-refractivity contribution in [3.63, 3.8) is 0 Å². The van der Waals surface area contributed by atoms with Gasteiger partial charge < -0.3 is 14.7 Å². The molecule has 2 aliphatic carbocycles. The highest BCUT2D eigenvalue weighted by Crippen LogP contribution is 2.50. The third-order valence-corrected chi connectivity index (χ3v) is 8.69. The zero-order valence-electron chi connectivity index (χ0n) is 19.9. The van der Waals surface area contributed by atoms with E-state index in [-0.39, 0.29) is 23.0 Å². The molecule has 0 aromatic heterocycles. The number of nitrogens with zero attached hydrogens (tertiary/aromatic N) is 4. The number of halogens is 1. The van der Waals surface area contributed by atoms with Gasteiger partial charge in [-0.15, -0.1) is 0 Å². The van der Waals surface area contributed by atoms with E-state index in [1.165, 1.54) is 22.0 Å². The summed E-state index contributed by atoms with van der Waals surface area (Å²) in [5.74, 6) is 0.747. The molecule has 0 bridgehead atoms. The summed E-state index contributed by atoms with van der Waals surface area (Å²) in [7, 11) is 7.95. The van der Waals surface area contributed by atoms with E-state index < -0.39 is 0 Å². The maximum absolute atomic E-state index is 13.4. The van der Waals surface area contributed by atoms with Gasteiger partial charge in [0.25, 0.3) is 0 Å². The van der Waals surface area contributed by atoms with Crippen molar-refractivity contribution < 1.29 is 9.59 Å². The molecule has 2 saturated carbocycles. The molecule has 1 aromatic rings. The average molecular weight is 553 g/mol. The summed E-state index contributed by atoms with van der Waals surface area (Å²) in [5.41, 5.74) is 1.30. The van der Waals surface area contributed by atoms with E-state index >= 15 is 0 Å². The summed E-state index contributed by atoms with van der Waals surface area (Å²) in [5, 5.41) is 0. The number of hydrogen-bond acceptors (Lipinski definition) is 3. The minimum absolute atomic E-state index is 0.00897. The first-order chi connectivity index (χ1) is 15.2. The molecule has 0 atom stereocenters. The highest BCUT2D eigenvalue weighted by atomic mass is 127. The van der Waals surface area contributed by atoms with Gasteiger partial charge >= 0.3 is 6.03 Å². The SMILES string of the molecule is CN(C)C(=O)CCN1C[C@]2(CC[C@](c3cccc(I)c3)(N(C)C)CC2)N(CC2CC2)C1=O. The summed E-state index contributed by atoms with van der Waals surface area (Å²) in [6, 6.07) is 9.04. The maximum atomic E-state index is 13.4. The summed E-state index contributed by atoms with van der Waals surface area (Å²) in [4.78, 5) is 33.8. The minimum Gasteiger partial charge on any atom is -0.349 e. The number of rotatable bonds is 7. The van der Waals surface area contributed by atoms with Gasteiger partial charge in [-0.2, -0.15) is 0 Å². The standard InChI is InChI=1S/C25H37IN4O2/c1-27(2)22(31)10-15-29-18-24(30(23(29)32)17-19-8-9-19)11-13-25(14-12-24,28(3)4)20-6-5-7-21(26)16-20/h5-7,16,19H,8-15,17-18H2,1-4H3/t24-,25+. The predicted octanol–water partition coefficient (Wildman–Crippen LogP) is 3.99. The quantitative estimate of drug-likeness (QED) is 0.481. The van der Waals surface area contributed by atoms with Crippen molar-refractivity contribution in [1.29, 1.82) is 0 Å². The van der Waals surface area contributed by atoms with Gasteiger partial charge in [0.05, 0.1) is 5.54 Å². The lowest BCUT2D eigenvalue weighted by Crippen LogP contribution is -2.55. The lowest BCUT2D eigenvalue weighted by Gasteiger charge is -2.51. The average Bonchev–Trinajstić information content (AvgIpc) is 3.54. The number of carbonyl (C=O) groups is 2. The van der Waals surface area contributed by atoms with Gasteiger partial charge in [0.2, 0.25) is 5.91 Å². The first kappa shape index (κ1) is 23.8. The largest absolute Gasteiger partial charge is 0.349 e. The Hall–Kier alpha value is -1.35. The molecule has 32 heavy (non-hydrogen) atoms. The van der Waals surface area contributed by atoms with Crippen LogP contribution in [-0.2, 0) is 10.3 Å². The van der Waals surface area contributed by atoms with E-state index in [1.807, 2.05) is 4.90 Å². The van der Waals surface area contributed by atoms with Crippen LogP contribution in [-0.4, -0.2) is 84.9 Å². The van der Waals surface area contributed by atoms with Gasteiger partial charge in [-0.25, -0.2) is 4.79 Å². The first-order valence-corrected chi connectivity index (χ1v) is 12.9. The van der Waals surface area contributed by atoms with E-state index in [0.29, 0.717) is 18.9 Å². The molecule has 0 radical (unpaired) electrons. The van der Waals surface area contributed by atoms with Crippen LogP contribution < -0.4 is 0 Å². The lowest BCUT2D eigenvalue weighted by molar-refractivity contribution is -0.128. The van der Waals surface area contributed by atoms with E-state index in [0.717, 1.165) is 38.8 Å². The Morgan fingerprint density at radius 2 is 1.81 bits per heavy atom. The van der Waals surface area contributed by atoms with Crippen LogP contribution in [0.5, 0.6) is 0 Å². The fourth-order valence-corrected chi connectivity index (χ4v) is 6.21. The van der Waals surface area contributed by atoms with Crippen LogP contribution in [0, 0.1) is 9.49 Å². The molecule has 7 heteroatoms. The number of benzene rings is 1. The molecule has 0 N–H and O–H groups in total. The van der Waals surface area contributed by atoms with Gasteiger partial charge in [0.15, 0.2) is 0 Å². The van der Waals surface area contributed by atoms with Crippen LogP contribution in [0.25, 0.3) is 0 Å². The molecule has 1 spiro atoms. The Morgan fingerprint density at radius 1 is 1.12 bits per heavy atom. The van der Waals surface area contributed by atoms with Crippen LogP contribution in [0.3, 0.4) is 0 Å². The van der Waals surface area contributed by atoms with Crippen LogP contribution in [0.1, 0.15) is 50.5 Å². The van der Waals surface area contributed by atoms with E-state index in [9.17, 15) is 9.59 Å². The minimum atomic E-state index is -0.0950. The molecule has 0 unspecified atom stereocenters. The van der Waals surface area contributed by atoms with Crippen LogP contribution in [0.4, 0.5) is 4.79 Å². The molecule has 1 aliphatic heterocycles. The molecule has 4 rings (SSSR count). The number of hydrogen-bond donors (Lipinski definition) is 0. The molecule has 1 heterocycles. The Balaban J connectivity index is 1.55. The summed E-state index contributed by atoms with van der Waals surface area (Å²) < 4.78 is 1.27. The van der Waals surface area contributed by atoms with Crippen LogP contribution >= 0.6 is 22.6 Å². The third kappa shape index (κ3) is 4.52. The number of carbonyl (C=O) groups excluding carboxylic acids is 2. The molecule has 3 aliphatic rings. The monoisotopic (exact) mass is 552 g/mol. The van der Waals surface area contributed by atoms with Gasteiger partial charge in [-0.05, 0) is 98.8 Å². The highest BCUT2D eigenvalue weighted by Gasteiger charge is 2.55. The van der Waals surface area contributed by atoms with E-state index in [2.05, 4.69) is 70.8 Å². The molecule has 3 amide bonds. The van der Waals surface area contributed by atoms with E-state index in [4.69, 9.17) is 0 Å². The Kier molecular flexibility index (Phi) is 6.78. The normalized spacial score (nSPS) is 28.1. The van der Waals surface area contributed by atoms with Crippen molar-refractivity contribution in [3.05, 3.63) is 33.4 Å². The maximum Gasteiger partial charge on any atom is 0.320 e. The topological polar surface area (TPSA) is 47.1 Å². The fraction of sp³-hybridized carbons (Fsp3) is 0.680. The molecular formula is C25H37IN4O2. The molecule has 1 saturated heterocycles. The van der Waals surface area contributed by atoms with Gasteiger partial charge in [0, 0.05) is 49.3 Å². The van der Waals surface area contributed by atoms with Crippen molar-refractivity contribution in [2.24, 2.45) is 5.92 Å². The van der Waals surface area contributed by atoms with Gasteiger partial charge in [-0.3, -0.25) is 9.69 Å². The molecule has 1 aromatic carbocycles. The second-order valence-corrected chi connectivity index (χ2v) is 11.7. The fourth-order valence-electron chi connectivity index (χ4n) is 5.67. The van der Waals surface area contributed by atoms with Gasteiger partial charge in [-0.1, -0.05) is 12.1 Å². The first-order valence-electron chi connectivity index (χ1n) is 11.9. The smallest absolute Gasteiger partial charge is 0.320 e. The van der Waals surface area contributed by atoms with Crippen molar-refractivity contribution in [2.45, 2.75) is 56.0 Å². The predicted molar refractivity (Wildman–Crippen MR) is 135 cm³/mol. The Labute approximate surface area is 206 Å². The Bertz CT molecular complexity index is 859. The zero-order valence-corrected chi connectivity index (χ0v) is 22.1. The van der Waals surface area contributed by atoms with Crippen molar-refractivity contribution in [1.82, 2.24) is 19.6 Å². The van der Waals surface area contributed by atoms with Crippen molar-refractivity contribution in [3.8, 4) is 0 Å². The molecule has 3 fully saturated rings. The second-order valence-electron chi connectivity index (χ2n) is 10.5. The van der Waals surface area contributed by atoms with Crippen molar-refractivity contribution >= 4 is 34.5 Å². The van der Waals surface area contributed by atoms with E-state index in [1.54, 1.807) is 19.0 Å². The number of urea groups is 1.